The molecule has 0 saturated carbocycles. The number of hydrogen-bond donors (Lipinski definition) is 1. The summed E-state index contributed by atoms with van der Waals surface area (Å²) >= 11 is 0. The number of non-ortho nitro benzene ring substituents is 1. The second kappa shape index (κ2) is 4.05. The van der Waals surface area contributed by atoms with Crippen LogP contribution in [0.3, 0.4) is 0 Å². The summed E-state index contributed by atoms with van der Waals surface area (Å²) in [6.07, 6.45) is 1.81. The van der Waals surface area contributed by atoms with Gasteiger partial charge >= 0.3 is 0 Å². The zero-order chi connectivity index (χ0) is 13.4. The van der Waals surface area contributed by atoms with Gasteiger partial charge in [-0.1, -0.05) is 6.07 Å². The van der Waals surface area contributed by atoms with Gasteiger partial charge in [0.2, 0.25) is 0 Å². The molecule has 2 aromatic heterocycles. The van der Waals surface area contributed by atoms with E-state index in [4.69, 9.17) is 5.73 Å². The highest BCUT2D eigenvalue weighted by atomic mass is 16.6. The molecule has 94 valence electrons. The highest BCUT2D eigenvalue weighted by Crippen LogP contribution is 2.28. The first-order chi connectivity index (χ1) is 9.16. The molecule has 0 unspecified atom stereocenters. The van der Waals surface area contributed by atoms with E-state index in [2.05, 4.69) is 10.2 Å². The number of rotatable bonds is 2. The lowest BCUT2D eigenvalue weighted by molar-refractivity contribution is -0.384. The van der Waals surface area contributed by atoms with Gasteiger partial charge in [0.25, 0.3) is 5.69 Å². The van der Waals surface area contributed by atoms with Gasteiger partial charge in [-0.2, -0.15) is 0 Å². The van der Waals surface area contributed by atoms with Gasteiger partial charge < -0.3 is 5.73 Å². The Morgan fingerprint density at radius 3 is 2.79 bits per heavy atom. The zero-order valence-corrected chi connectivity index (χ0v) is 9.72. The average molecular weight is 255 g/mol. The van der Waals surface area contributed by atoms with Crippen LogP contribution in [0.2, 0.25) is 0 Å². The fourth-order valence-electron chi connectivity index (χ4n) is 1.89. The SMILES string of the molecule is Nc1cc([N+](=O)[O-])ccc1-c1nnc2ccccn12. The molecule has 2 heterocycles. The van der Waals surface area contributed by atoms with Crippen molar-refractivity contribution >= 4 is 17.0 Å². The summed E-state index contributed by atoms with van der Waals surface area (Å²) in [5.74, 6) is 0.558. The second-order valence-electron chi connectivity index (χ2n) is 3.98. The van der Waals surface area contributed by atoms with Crippen LogP contribution in [0.4, 0.5) is 11.4 Å². The van der Waals surface area contributed by atoms with Crippen LogP contribution in [0.15, 0.2) is 42.6 Å². The van der Waals surface area contributed by atoms with Gasteiger partial charge in [0.15, 0.2) is 11.5 Å². The maximum absolute atomic E-state index is 10.7. The van der Waals surface area contributed by atoms with E-state index in [1.165, 1.54) is 12.1 Å². The Hall–Kier alpha value is -2.96. The molecular formula is C12H9N5O2. The second-order valence-corrected chi connectivity index (χ2v) is 3.98. The molecule has 0 atom stereocenters. The molecule has 2 N–H and O–H groups in total. The summed E-state index contributed by atoms with van der Waals surface area (Å²) in [5, 5.41) is 18.8. The van der Waals surface area contributed by atoms with Crippen LogP contribution in [0, 0.1) is 10.1 Å². The van der Waals surface area contributed by atoms with Crippen LogP contribution < -0.4 is 5.73 Å². The van der Waals surface area contributed by atoms with Crippen LogP contribution in [0.5, 0.6) is 0 Å². The van der Waals surface area contributed by atoms with Crippen molar-refractivity contribution in [2.24, 2.45) is 0 Å². The number of nitrogen functional groups attached to an aromatic ring is 1. The number of nitrogens with two attached hydrogens (primary N) is 1. The van der Waals surface area contributed by atoms with Crippen molar-refractivity contribution in [1.29, 1.82) is 0 Å². The van der Waals surface area contributed by atoms with Gasteiger partial charge in [0, 0.05) is 29.6 Å². The first-order valence-corrected chi connectivity index (χ1v) is 5.51. The van der Waals surface area contributed by atoms with Crippen molar-refractivity contribution in [1.82, 2.24) is 14.6 Å². The van der Waals surface area contributed by atoms with Crippen molar-refractivity contribution in [3.63, 3.8) is 0 Å². The normalized spacial score (nSPS) is 10.7. The summed E-state index contributed by atoms with van der Waals surface area (Å²) in [4.78, 5) is 10.2. The third kappa shape index (κ3) is 1.77. The number of fused-ring (bicyclic) bond motifs is 1. The Labute approximate surface area is 107 Å². The summed E-state index contributed by atoms with van der Waals surface area (Å²) in [7, 11) is 0. The van der Waals surface area contributed by atoms with Crippen molar-refractivity contribution in [3.05, 3.63) is 52.7 Å². The number of nitro groups is 1. The van der Waals surface area contributed by atoms with E-state index in [1.54, 1.807) is 10.5 Å². The summed E-state index contributed by atoms with van der Waals surface area (Å²) in [6.45, 7) is 0. The van der Waals surface area contributed by atoms with Gasteiger partial charge in [-0.15, -0.1) is 10.2 Å². The van der Waals surface area contributed by atoms with Crippen LogP contribution in [-0.4, -0.2) is 19.5 Å². The molecule has 0 aliphatic rings. The van der Waals surface area contributed by atoms with E-state index < -0.39 is 4.92 Å². The van der Waals surface area contributed by atoms with E-state index in [-0.39, 0.29) is 5.69 Å². The van der Waals surface area contributed by atoms with E-state index in [9.17, 15) is 10.1 Å². The quantitative estimate of drug-likeness (QED) is 0.428. The largest absolute Gasteiger partial charge is 0.398 e. The topological polar surface area (TPSA) is 99.3 Å². The van der Waals surface area contributed by atoms with Gasteiger partial charge in [-0.05, 0) is 18.2 Å². The fraction of sp³-hybridized carbons (Fsp3) is 0. The molecular weight excluding hydrogens is 246 g/mol. The first-order valence-electron chi connectivity index (χ1n) is 5.51. The molecule has 0 fully saturated rings. The number of anilines is 1. The lowest BCUT2D eigenvalue weighted by Crippen LogP contribution is -1.96. The molecule has 0 aliphatic heterocycles. The summed E-state index contributed by atoms with van der Waals surface area (Å²) in [6, 6.07) is 9.82. The van der Waals surface area contributed by atoms with Crippen LogP contribution >= 0.6 is 0 Å². The molecule has 0 saturated heterocycles. The Kier molecular flexibility index (Phi) is 2.38. The smallest absolute Gasteiger partial charge is 0.271 e. The zero-order valence-electron chi connectivity index (χ0n) is 9.72. The predicted molar refractivity (Wildman–Crippen MR) is 69.5 cm³/mol. The molecule has 19 heavy (non-hydrogen) atoms. The summed E-state index contributed by atoms with van der Waals surface area (Å²) in [5.41, 5.74) is 7.41. The third-order valence-corrected chi connectivity index (χ3v) is 2.80. The maximum atomic E-state index is 10.7. The average Bonchev–Trinajstić information content (AvgIpc) is 2.82. The van der Waals surface area contributed by atoms with Crippen molar-refractivity contribution in [2.45, 2.75) is 0 Å². The summed E-state index contributed by atoms with van der Waals surface area (Å²) < 4.78 is 1.78. The molecule has 1 aromatic carbocycles. The fourth-order valence-corrected chi connectivity index (χ4v) is 1.89. The molecule has 3 aromatic rings. The number of pyridine rings is 1. The number of hydrogen-bond acceptors (Lipinski definition) is 5. The minimum absolute atomic E-state index is 0.0462. The first kappa shape index (κ1) is 11.1. The number of benzene rings is 1. The Morgan fingerprint density at radius 1 is 1.21 bits per heavy atom. The Bertz CT molecular complexity index is 781. The van der Waals surface area contributed by atoms with Crippen LogP contribution in [-0.2, 0) is 0 Å². The molecule has 0 radical (unpaired) electrons. The van der Waals surface area contributed by atoms with E-state index in [0.29, 0.717) is 22.7 Å². The van der Waals surface area contributed by atoms with Gasteiger partial charge in [-0.3, -0.25) is 14.5 Å². The van der Waals surface area contributed by atoms with Gasteiger partial charge in [0.05, 0.1) is 4.92 Å². The molecule has 3 rings (SSSR count). The third-order valence-electron chi connectivity index (χ3n) is 2.80. The number of nitro benzene ring substituents is 1. The van der Waals surface area contributed by atoms with E-state index in [0.717, 1.165) is 0 Å². The molecule has 0 spiro atoms. The predicted octanol–water partition coefficient (Wildman–Crippen LogP) is 1.89. The van der Waals surface area contributed by atoms with Crippen LogP contribution in [0.1, 0.15) is 0 Å². The standard InChI is InChI=1S/C12H9N5O2/c13-10-7-8(17(18)19)4-5-9(10)12-15-14-11-3-1-2-6-16(11)12/h1-7H,13H2. The highest BCUT2D eigenvalue weighted by molar-refractivity contribution is 5.75. The van der Waals surface area contributed by atoms with Crippen molar-refractivity contribution in [2.75, 3.05) is 5.73 Å². The van der Waals surface area contributed by atoms with E-state index >= 15 is 0 Å². The Morgan fingerprint density at radius 2 is 2.05 bits per heavy atom. The van der Waals surface area contributed by atoms with Gasteiger partial charge in [0.1, 0.15) is 0 Å². The molecule has 7 heteroatoms. The Balaban J connectivity index is 2.19. The minimum atomic E-state index is -0.484. The van der Waals surface area contributed by atoms with Gasteiger partial charge in [-0.25, -0.2) is 0 Å². The molecule has 0 amide bonds. The molecule has 0 bridgehead atoms. The number of aromatic nitrogens is 3. The monoisotopic (exact) mass is 255 g/mol. The number of nitrogens with zero attached hydrogens (tertiary/aromatic N) is 4. The lowest BCUT2D eigenvalue weighted by Gasteiger charge is -2.03. The van der Waals surface area contributed by atoms with Crippen LogP contribution in [0.25, 0.3) is 17.0 Å². The van der Waals surface area contributed by atoms with E-state index in [1.807, 2.05) is 24.4 Å². The van der Waals surface area contributed by atoms with Crippen molar-refractivity contribution in [3.8, 4) is 11.4 Å². The molecule has 0 aliphatic carbocycles. The lowest BCUT2D eigenvalue weighted by atomic mass is 10.1. The molecule has 7 nitrogen and oxygen atoms in total. The minimum Gasteiger partial charge on any atom is -0.398 e. The van der Waals surface area contributed by atoms with Crippen molar-refractivity contribution < 1.29 is 4.92 Å². The maximum Gasteiger partial charge on any atom is 0.271 e. The highest BCUT2D eigenvalue weighted by Gasteiger charge is 2.14.